The zero-order valence-electron chi connectivity index (χ0n) is 7.52. The summed E-state index contributed by atoms with van der Waals surface area (Å²) in [7, 11) is 1.67. The molecular formula is C7H16N4. The number of hydrazone groups is 1. The summed E-state index contributed by atoms with van der Waals surface area (Å²) in [5.41, 5.74) is 2.59. The average Bonchev–Trinajstić information content (AvgIpc) is 1.85. The van der Waals surface area contributed by atoms with Crippen molar-refractivity contribution < 1.29 is 0 Å². The smallest absolute Gasteiger partial charge is 0.208 e. The highest BCUT2D eigenvalue weighted by atomic mass is 15.4. The van der Waals surface area contributed by atoms with Crippen molar-refractivity contribution in [2.75, 3.05) is 7.05 Å². The van der Waals surface area contributed by atoms with Crippen LogP contribution in [-0.2, 0) is 0 Å². The van der Waals surface area contributed by atoms with Gasteiger partial charge in [-0.1, -0.05) is 20.8 Å². The Hall–Kier alpha value is -1.06. The van der Waals surface area contributed by atoms with E-state index in [-0.39, 0.29) is 11.4 Å². The van der Waals surface area contributed by atoms with Crippen molar-refractivity contribution in [2.45, 2.75) is 20.8 Å². The number of hydrogen-bond donors (Lipinski definition) is 3. The summed E-state index contributed by atoms with van der Waals surface area (Å²) < 4.78 is 0. The second-order valence-corrected chi connectivity index (χ2v) is 3.36. The first-order chi connectivity index (χ1) is 4.95. The molecule has 0 aromatic carbocycles. The molecule has 64 valence electrons. The lowest BCUT2D eigenvalue weighted by atomic mass is 9.99. The minimum Gasteiger partial charge on any atom is -0.358 e. The van der Waals surface area contributed by atoms with Crippen molar-refractivity contribution in [3.05, 3.63) is 0 Å². The van der Waals surface area contributed by atoms with Crippen molar-refractivity contribution in [3.63, 3.8) is 0 Å². The Balaban J connectivity index is 3.70. The quantitative estimate of drug-likeness (QED) is 0.298. The first kappa shape index (κ1) is 9.94. The molecule has 0 heterocycles. The molecule has 0 radical (unpaired) electrons. The van der Waals surface area contributed by atoms with Crippen LogP contribution in [0.15, 0.2) is 5.10 Å². The maximum Gasteiger partial charge on any atom is 0.208 e. The minimum absolute atomic E-state index is 0.0566. The van der Waals surface area contributed by atoms with E-state index in [1.54, 1.807) is 13.3 Å². The van der Waals surface area contributed by atoms with Crippen LogP contribution >= 0.6 is 0 Å². The van der Waals surface area contributed by atoms with E-state index in [9.17, 15) is 0 Å². The second-order valence-electron chi connectivity index (χ2n) is 3.36. The molecule has 0 spiro atoms. The van der Waals surface area contributed by atoms with Gasteiger partial charge in [-0.15, -0.1) is 0 Å². The van der Waals surface area contributed by atoms with Gasteiger partial charge in [0.05, 0.1) is 0 Å². The number of hydrogen-bond acceptors (Lipinski definition) is 2. The molecule has 4 heteroatoms. The molecule has 0 aromatic heterocycles. The van der Waals surface area contributed by atoms with Gasteiger partial charge in [0.2, 0.25) is 5.96 Å². The normalized spacial score (nSPS) is 11.6. The third-order valence-electron chi connectivity index (χ3n) is 0.878. The molecule has 0 rings (SSSR count). The molecule has 0 saturated heterocycles. The number of guanidine groups is 1. The maximum atomic E-state index is 7.11. The fourth-order valence-corrected chi connectivity index (χ4v) is 0.346. The lowest BCUT2D eigenvalue weighted by molar-refractivity contribution is 0.602. The molecular weight excluding hydrogens is 140 g/mol. The highest BCUT2D eigenvalue weighted by molar-refractivity contribution is 5.77. The van der Waals surface area contributed by atoms with Crippen molar-refractivity contribution in [1.82, 2.24) is 10.7 Å². The van der Waals surface area contributed by atoms with Crippen molar-refractivity contribution in [3.8, 4) is 0 Å². The van der Waals surface area contributed by atoms with Crippen molar-refractivity contribution in [2.24, 2.45) is 10.5 Å². The fourth-order valence-electron chi connectivity index (χ4n) is 0.346. The van der Waals surface area contributed by atoms with Crippen molar-refractivity contribution >= 4 is 12.2 Å². The summed E-state index contributed by atoms with van der Waals surface area (Å²) in [6, 6.07) is 0. The van der Waals surface area contributed by atoms with E-state index in [0.29, 0.717) is 0 Å². The Morgan fingerprint density at radius 3 is 2.36 bits per heavy atom. The average molecular weight is 156 g/mol. The molecule has 0 aliphatic heterocycles. The number of rotatable bonds is 1. The van der Waals surface area contributed by atoms with Gasteiger partial charge in [0.15, 0.2) is 0 Å². The van der Waals surface area contributed by atoms with Crippen LogP contribution in [0.3, 0.4) is 0 Å². The van der Waals surface area contributed by atoms with Gasteiger partial charge in [-0.2, -0.15) is 5.10 Å². The number of nitrogens with one attached hydrogen (secondary N) is 3. The molecule has 0 aromatic rings. The van der Waals surface area contributed by atoms with Crippen LogP contribution in [0, 0.1) is 10.8 Å². The second kappa shape index (κ2) is 3.95. The number of nitrogens with zero attached hydrogens (tertiary/aromatic N) is 1. The third-order valence-corrected chi connectivity index (χ3v) is 0.878. The molecule has 0 fully saturated rings. The molecule has 0 unspecified atom stereocenters. The van der Waals surface area contributed by atoms with Crippen LogP contribution in [0.2, 0.25) is 0 Å². The zero-order chi connectivity index (χ0) is 8.91. The van der Waals surface area contributed by atoms with Crippen LogP contribution in [0.5, 0.6) is 0 Å². The molecule has 3 N–H and O–H groups in total. The van der Waals surface area contributed by atoms with Gasteiger partial charge in [-0.25, -0.2) is 5.43 Å². The van der Waals surface area contributed by atoms with Gasteiger partial charge in [-0.05, 0) is 5.41 Å². The first-order valence-electron chi connectivity index (χ1n) is 3.52. The summed E-state index contributed by atoms with van der Waals surface area (Å²) in [5.74, 6) is 0.200. The molecule has 0 saturated carbocycles. The zero-order valence-corrected chi connectivity index (χ0v) is 7.52. The molecule has 4 nitrogen and oxygen atoms in total. The van der Waals surface area contributed by atoms with E-state index >= 15 is 0 Å². The molecule has 0 aliphatic rings. The Labute approximate surface area is 67.6 Å². The monoisotopic (exact) mass is 156 g/mol. The summed E-state index contributed by atoms with van der Waals surface area (Å²) in [4.78, 5) is 0. The van der Waals surface area contributed by atoms with Crippen LogP contribution < -0.4 is 10.7 Å². The third kappa shape index (κ3) is 6.83. The lowest BCUT2D eigenvalue weighted by Gasteiger charge is -2.09. The van der Waals surface area contributed by atoms with Crippen LogP contribution in [0.1, 0.15) is 20.8 Å². The topological polar surface area (TPSA) is 60.3 Å². The van der Waals surface area contributed by atoms with Crippen LogP contribution in [0.25, 0.3) is 0 Å². The van der Waals surface area contributed by atoms with E-state index in [0.717, 1.165) is 0 Å². The summed E-state index contributed by atoms with van der Waals surface area (Å²) >= 11 is 0. The van der Waals surface area contributed by atoms with E-state index in [1.165, 1.54) is 0 Å². The Morgan fingerprint density at radius 1 is 1.45 bits per heavy atom. The predicted molar refractivity (Wildman–Crippen MR) is 47.9 cm³/mol. The maximum absolute atomic E-state index is 7.11. The Bertz CT molecular complexity index is 154. The van der Waals surface area contributed by atoms with Gasteiger partial charge in [-0.3, -0.25) is 5.41 Å². The molecule has 0 atom stereocenters. The SMILES string of the molecule is CNC(=N)N/N=C/C(C)(C)C. The first-order valence-corrected chi connectivity index (χ1v) is 3.52. The molecule has 11 heavy (non-hydrogen) atoms. The van der Waals surface area contributed by atoms with E-state index in [2.05, 4.69) is 15.8 Å². The Kier molecular flexibility index (Phi) is 3.57. The summed E-state index contributed by atoms with van der Waals surface area (Å²) in [6.45, 7) is 6.13. The van der Waals surface area contributed by atoms with Gasteiger partial charge >= 0.3 is 0 Å². The fraction of sp³-hybridized carbons (Fsp3) is 0.714. The molecule has 0 aliphatic carbocycles. The predicted octanol–water partition coefficient (Wildman–Crippen LogP) is 0.762. The van der Waals surface area contributed by atoms with Gasteiger partial charge in [0, 0.05) is 13.3 Å². The largest absolute Gasteiger partial charge is 0.358 e. The standard InChI is InChI=1S/C7H16N4/c1-7(2,3)5-10-11-6(8)9-4/h5H,1-4H3,(H3,8,9,11)/b10-5+. The van der Waals surface area contributed by atoms with E-state index in [4.69, 9.17) is 5.41 Å². The minimum atomic E-state index is 0.0566. The van der Waals surface area contributed by atoms with Crippen LogP contribution in [0.4, 0.5) is 0 Å². The van der Waals surface area contributed by atoms with Gasteiger partial charge in [0.25, 0.3) is 0 Å². The van der Waals surface area contributed by atoms with E-state index < -0.39 is 0 Å². The van der Waals surface area contributed by atoms with Gasteiger partial charge in [0.1, 0.15) is 0 Å². The highest BCUT2D eigenvalue weighted by Crippen LogP contribution is 2.07. The van der Waals surface area contributed by atoms with Crippen molar-refractivity contribution in [1.29, 1.82) is 5.41 Å². The lowest BCUT2D eigenvalue weighted by Crippen LogP contribution is -2.30. The van der Waals surface area contributed by atoms with E-state index in [1.807, 2.05) is 20.8 Å². The molecule has 0 amide bonds. The highest BCUT2D eigenvalue weighted by Gasteiger charge is 2.04. The summed E-state index contributed by atoms with van der Waals surface area (Å²) in [6.07, 6.45) is 1.76. The van der Waals surface area contributed by atoms with Gasteiger partial charge < -0.3 is 5.32 Å². The summed E-state index contributed by atoms with van der Waals surface area (Å²) in [5, 5.41) is 13.6. The van der Waals surface area contributed by atoms with Crippen LogP contribution in [-0.4, -0.2) is 19.2 Å². The molecule has 0 bridgehead atoms. The Morgan fingerprint density at radius 2 is 2.00 bits per heavy atom.